The molecule has 1 aliphatic carbocycles. The monoisotopic (exact) mass is 277 g/mol. The largest absolute Gasteiger partial charge is 0.452 e. The van der Waals surface area contributed by atoms with Gasteiger partial charge in [-0.1, -0.05) is 0 Å². The number of rotatable bonds is 5. The summed E-state index contributed by atoms with van der Waals surface area (Å²) in [4.78, 5) is 25.5. The summed E-state index contributed by atoms with van der Waals surface area (Å²) in [5, 5.41) is 0. The second-order valence-electron chi connectivity index (χ2n) is 4.88. The van der Waals surface area contributed by atoms with E-state index < -0.39 is 5.97 Å². The van der Waals surface area contributed by atoms with Crippen LogP contribution in [0.2, 0.25) is 0 Å². The molecule has 4 N–H and O–H groups in total. The topological polar surface area (TPSA) is 98.6 Å². The van der Waals surface area contributed by atoms with E-state index in [0.717, 1.165) is 12.8 Å². The third-order valence-corrected chi connectivity index (χ3v) is 3.19. The highest BCUT2D eigenvalue weighted by Gasteiger charge is 2.31. The molecule has 1 aliphatic rings. The average Bonchev–Trinajstić information content (AvgIpc) is 3.20. The van der Waals surface area contributed by atoms with Crippen LogP contribution in [0.5, 0.6) is 0 Å². The van der Waals surface area contributed by atoms with Gasteiger partial charge in [-0.25, -0.2) is 4.79 Å². The highest BCUT2D eigenvalue weighted by molar-refractivity contribution is 5.93. The number of esters is 1. The van der Waals surface area contributed by atoms with Gasteiger partial charge in [-0.15, -0.1) is 0 Å². The summed E-state index contributed by atoms with van der Waals surface area (Å²) in [6, 6.07) is 4.81. The van der Waals surface area contributed by atoms with Crippen LogP contribution in [0.3, 0.4) is 0 Å². The number of likely N-dealkylation sites (N-methyl/N-ethyl adjacent to an activating group) is 1. The predicted octanol–water partition coefficient (Wildman–Crippen LogP) is 1.02. The molecule has 6 heteroatoms. The first-order valence-corrected chi connectivity index (χ1v) is 6.64. The summed E-state index contributed by atoms with van der Waals surface area (Å²) in [6.07, 6.45) is 2.05. The van der Waals surface area contributed by atoms with Gasteiger partial charge in [0.15, 0.2) is 6.61 Å². The highest BCUT2D eigenvalue weighted by Crippen LogP contribution is 2.26. The van der Waals surface area contributed by atoms with Crippen molar-refractivity contribution in [2.45, 2.75) is 25.8 Å². The molecular weight excluding hydrogens is 258 g/mol. The van der Waals surface area contributed by atoms with E-state index >= 15 is 0 Å². The number of benzene rings is 1. The van der Waals surface area contributed by atoms with Gasteiger partial charge in [0.1, 0.15) is 0 Å². The zero-order valence-corrected chi connectivity index (χ0v) is 11.5. The van der Waals surface area contributed by atoms with Gasteiger partial charge in [-0.3, -0.25) is 4.79 Å². The van der Waals surface area contributed by atoms with Gasteiger partial charge in [-0.05, 0) is 38.0 Å². The van der Waals surface area contributed by atoms with Crippen molar-refractivity contribution in [3.05, 3.63) is 23.8 Å². The van der Waals surface area contributed by atoms with Crippen LogP contribution in [0.1, 0.15) is 30.1 Å². The van der Waals surface area contributed by atoms with Gasteiger partial charge >= 0.3 is 5.97 Å². The highest BCUT2D eigenvalue weighted by atomic mass is 16.5. The number of ether oxygens (including phenoxy) is 1. The molecule has 1 fully saturated rings. The molecule has 0 spiro atoms. The maximum atomic E-state index is 11.9. The third-order valence-electron chi connectivity index (χ3n) is 3.19. The maximum Gasteiger partial charge on any atom is 0.338 e. The van der Waals surface area contributed by atoms with Gasteiger partial charge in [0, 0.05) is 24.0 Å². The first-order chi connectivity index (χ1) is 9.51. The standard InChI is InChI=1S/C14H19N3O3/c1-2-17(12-3-4-12)13(18)8-20-14(19)9-5-10(15)7-11(16)6-9/h5-7,12H,2-4,8,15-16H2,1H3. The molecule has 20 heavy (non-hydrogen) atoms. The molecule has 0 atom stereocenters. The second-order valence-corrected chi connectivity index (χ2v) is 4.88. The van der Waals surface area contributed by atoms with E-state index in [-0.39, 0.29) is 18.1 Å². The first kappa shape index (κ1) is 14.2. The smallest absolute Gasteiger partial charge is 0.338 e. The zero-order valence-electron chi connectivity index (χ0n) is 11.5. The van der Waals surface area contributed by atoms with E-state index in [1.807, 2.05) is 6.92 Å². The quantitative estimate of drug-likeness (QED) is 0.618. The number of amides is 1. The van der Waals surface area contributed by atoms with E-state index in [4.69, 9.17) is 16.2 Å². The van der Waals surface area contributed by atoms with Crippen LogP contribution < -0.4 is 11.5 Å². The zero-order chi connectivity index (χ0) is 14.7. The van der Waals surface area contributed by atoms with Gasteiger partial charge in [0.2, 0.25) is 0 Å². The lowest BCUT2D eigenvalue weighted by Crippen LogP contribution is -2.36. The van der Waals surface area contributed by atoms with Crippen LogP contribution in [0.15, 0.2) is 18.2 Å². The Labute approximate surface area is 117 Å². The molecule has 6 nitrogen and oxygen atoms in total. The fourth-order valence-electron chi connectivity index (χ4n) is 2.11. The van der Waals surface area contributed by atoms with E-state index in [9.17, 15) is 9.59 Å². The maximum absolute atomic E-state index is 11.9. The number of hydrogen-bond donors (Lipinski definition) is 2. The minimum Gasteiger partial charge on any atom is -0.452 e. The van der Waals surface area contributed by atoms with Crippen LogP contribution in [-0.2, 0) is 9.53 Å². The van der Waals surface area contributed by atoms with Crippen molar-refractivity contribution in [1.82, 2.24) is 4.90 Å². The van der Waals surface area contributed by atoms with Crippen molar-refractivity contribution in [3.8, 4) is 0 Å². The minimum atomic E-state index is -0.593. The summed E-state index contributed by atoms with van der Waals surface area (Å²) < 4.78 is 5.02. The molecule has 0 aromatic heterocycles. The number of nitrogens with two attached hydrogens (primary N) is 2. The molecule has 2 rings (SSSR count). The molecule has 1 saturated carbocycles. The van der Waals surface area contributed by atoms with Crippen molar-refractivity contribution < 1.29 is 14.3 Å². The Morgan fingerprint density at radius 1 is 1.25 bits per heavy atom. The molecule has 0 unspecified atom stereocenters. The van der Waals surface area contributed by atoms with E-state index in [1.165, 1.54) is 12.1 Å². The van der Waals surface area contributed by atoms with Gasteiger partial charge < -0.3 is 21.1 Å². The number of carbonyl (C=O) groups excluding carboxylic acids is 2. The Morgan fingerprint density at radius 2 is 1.85 bits per heavy atom. The van der Waals surface area contributed by atoms with Gasteiger partial charge in [0.25, 0.3) is 5.91 Å². The van der Waals surface area contributed by atoms with Crippen LogP contribution in [0.4, 0.5) is 11.4 Å². The summed E-state index contributed by atoms with van der Waals surface area (Å²) in [5.41, 5.74) is 12.2. The van der Waals surface area contributed by atoms with Gasteiger partial charge in [0.05, 0.1) is 5.56 Å². The van der Waals surface area contributed by atoms with Crippen LogP contribution in [0, 0.1) is 0 Å². The van der Waals surface area contributed by atoms with Crippen LogP contribution in [-0.4, -0.2) is 36.0 Å². The van der Waals surface area contributed by atoms with E-state index in [2.05, 4.69) is 0 Å². The van der Waals surface area contributed by atoms with Crippen molar-refractivity contribution in [2.75, 3.05) is 24.6 Å². The summed E-state index contributed by atoms with van der Waals surface area (Å²) in [5.74, 6) is -0.760. The average molecular weight is 277 g/mol. The molecule has 1 aromatic rings. The predicted molar refractivity (Wildman–Crippen MR) is 76.0 cm³/mol. The van der Waals surface area contributed by atoms with Crippen molar-refractivity contribution >= 4 is 23.3 Å². The Hall–Kier alpha value is -2.24. The molecular formula is C14H19N3O3. The molecule has 1 aromatic carbocycles. The van der Waals surface area contributed by atoms with Crippen molar-refractivity contribution in [1.29, 1.82) is 0 Å². The molecule has 0 aliphatic heterocycles. The van der Waals surface area contributed by atoms with Crippen molar-refractivity contribution in [2.24, 2.45) is 0 Å². The van der Waals surface area contributed by atoms with Crippen LogP contribution in [0.25, 0.3) is 0 Å². The Bertz CT molecular complexity index is 506. The van der Waals surface area contributed by atoms with E-state index in [1.54, 1.807) is 11.0 Å². The Kier molecular flexibility index (Phi) is 4.12. The number of carbonyl (C=O) groups is 2. The third kappa shape index (κ3) is 3.40. The number of nitrogens with zero attached hydrogens (tertiary/aromatic N) is 1. The van der Waals surface area contributed by atoms with Gasteiger partial charge in [-0.2, -0.15) is 0 Å². The molecule has 0 saturated heterocycles. The lowest BCUT2D eigenvalue weighted by molar-refractivity contribution is -0.134. The fraction of sp³-hybridized carbons (Fsp3) is 0.429. The van der Waals surface area contributed by atoms with E-state index in [0.29, 0.717) is 24.0 Å². The molecule has 0 bridgehead atoms. The summed E-state index contributed by atoms with van der Waals surface area (Å²) >= 11 is 0. The minimum absolute atomic E-state index is 0.166. The second kappa shape index (κ2) is 5.81. The number of nitrogen functional groups attached to an aromatic ring is 2. The Balaban J connectivity index is 1.92. The molecule has 0 radical (unpaired) electrons. The normalized spacial score (nSPS) is 13.8. The lowest BCUT2D eigenvalue weighted by atomic mass is 10.2. The Morgan fingerprint density at radius 3 is 2.35 bits per heavy atom. The fourth-order valence-corrected chi connectivity index (χ4v) is 2.11. The molecule has 0 heterocycles. The molecule has 108 valence electrons. The SMILES string of the molecule is CCN(C(=O)COC(=O)c1cc(N)cc(N)c1)C1CC1. The van der Waals surface area contributed by atoms with Crippen molar-refractivity contribution in [3.63, 3.8) is 0 Å². The first-order valence-electron chi connectivity index (χ1n) is 6.64. The summed E-state index contributed by atoms with van der Waals surface area (Å²) in [7, 11) is 0. The van der Waals surface area contributed by atoms with Crippen LogP contribution >= 0.6 is 0 Å². The number of anilines is 2. The summed E-state index contributed by atoms with van der Waals surface area (Å²) in [6.45, 7) is 2.29. The molecule has 1 amide bonds. The lowest BCUT2D eigenvalue weighted by Gasteiger charge is -2.20. The number of hydrogen-bond acceptors (Lipinski definition) is 5.